The lowest BCUT2D eigenvalue weighted by molar-refractivity contribution is 0.0169. The molecule has 0 saturated heterocycles. The van der Waals surface area contributed by atoms with E-state index in [4.69, 9.17) is 16.3 Å². The summed E-state index contributed by atoms with van der Waals surface area (Å²) in [4.78, 5) is 11.2. The van der Waals surface area contributed by atoms with Crippen molar-refractivity contribution in [1.29, 1.82) is 0 Å². The van der Waals surface area contributed by atoms with E-state index < -0.39 is 12.2 Å². The third-order valence-electron chi connectivity index (χ3n) is 2.82. The maximum Gasteiger partial charge on any atom is 0.338 e. The van der Waals surface area contributed by atoms with Gasteiger partial charge in [0.1, 0.15) is 12.7 Å². The molecule has 0 amide bonds. The predicted molar refractivity (Wildman–Crippen MR) is 61.9 cm³/mol. The van der Waals surface area contributed by atoms with Crippen molar-refractivity contribution in [3.05, 3.63) is 34.9 Å². The van der Waals surface area contributed by atoms with E-state index >= 15 is 0 Å². The predicted octanol–water partition coefficient (Wildman–Crippen LogP) is 1.38. The van der Waals surface area contributed by atoms with Crippen molar-refractivity contribution in [1.82, 2.24) is 0 Å². The number of halogens is 1. The van der Waals surface area contributed by atoms with E-state index in [9.17, 15) is 15.0 Å². The molecule has 2 unspecified atom stereocenters. The molecule has 0 saturated carbocycles. The number of aliphatic hydroxyl groups is 2. The number of hydrogen-bond acceptors (Lipinski definition) is 4. The maximum absolute atomic E-state index is 11.2. The Kier molecular flexibility index (Phi) is 3.66. The Morgan fingerprint density at radius 2 is 2.18 bits per heavy atom. The third-order valence-corrected chi connectivity index (χ3v) is 3.04. The molecule has 2 rings (SSSR count). The number of ether oxygens (including phenoxy) is 1. The van der Waals surface area contributed by atoms with Crippen molar-refractivity contribution in [3.8, 4) is 0 Å². The van der Waals surface area contributed by atoms with Crippen LogP contribution in [0.25, 0.3) is 0 Å². The second-order valence-corrected chi connectivity index (χ2v) is 4.36. The highest BCUT2D eigenvalue weighted by molar-refractivity contribution is 6.17. The molecule has 0 spiro atoms. The van der Waals surface area contributed by atoms with Crippen molar-refractivity contribution < 1.29 is 19.7 Å². The monoisotopic (exact) mass is 256 g/mol. The molecule has 1 aliphatic rings. The van der Waals surface area contributed by atoms with Gasteiger partial charge in [-0.1, -0.05) is 6.07 Å². The van der Waals surface area contributed by atoms with Crippen LogP contribution in [0, 0.1) is 0 Å². The normalized spacial score (nSPS) is 17.5. The second-order valence-electron chi connectivity index (χ2n) is 3.98. The lowest BCUT2D eigenvalue weighted by atomic mass is 9.98. The highest BCUT2D eigenvalue weighted by atomic mass is 35.5. The largest absolute Gasteiger partial charge is 0.457 e. The Balaban J connectivity index is 2.20. The van der Waals surface area contributed by atoms with Crippen LogP contribution in [0.2, 0.25) is 0 Å². The van der Waals surface area contributed by atoms with Crippen LogP contribution in [-0.2, 0) is 11.3 Å². The number of benzene rings is 1. The molecule has 2 atom stereocenters. The lowest BCUT2D eigenvalue weighted by Gasteiger charge is -2.17. The molecule has 2 N–H and O–H groups in total. The standard InChI is InChI=1S/C12H13ClO4/c13-4-3-10(14)11(15)7-1-2-9-8(5-7)6-17-12(9)16/h1-2,5,10-11,14-15H,3-4,6H2. The van der Waals surface area contributed by atoms with Crippen LogP contribution in [0.5, 0.6) is 0 Å². The fourth-order valence-electron chi connectivity index (χ4n) is 1.83. The van der Waals surface area contributed by atoms with Gasteiger partial charge in [0.05, 0.1) is 11.7 Å². The quantitative estimate of drug-likeness (QED) is 0.631. The van der Waals surface area contributed by atoms with Gasteiger partial charge in [-0.25, -0.2) is 4.79 Å². The molecule has 0 fully saturated rings. The molecule has 1 aromatic rings. The average Bonchev–Trinajstić information content (AvgIpc) is 2.70. The number of hydrogen-bond donors (Lipinski definition) is 2. The van der Waals surface area contributed by atoms with Gasteiger partial charge in [0, 0.05) is 11.4 Å². The van der Waals surface area contributed by atoms with Crippen LogP contribution in [-0.4, -0.2) is 28.2 Å². The summed E-state index contributed by atoms with van der Waals surface area (Å²) in [5.41, 5.74) is 1.83. The van der Waals surface area contributed by atoms with E-state index in [1.165, 1.54) is 0 Å². The van der Waals surface area contributed by atoms with Gasteiger partial charge in [-0.15, -0.1) is 11.6 Å². The number of alkyl halides is 1. The summed E-state index contributed by atoms with van der Waals surface area (Å²) in [5, 5.41) is 19.5. The highest BCUT2D eigenvalue weighted by Gasteiger charge is 2.24. The number of cyclic esters (lactones) is 1. The van der Waals surface area contributed by atoms with Gasteiger partial charge in [0.2, 0.25) is 0 Å². The molecule has 0 aromatic heterocycles. The van der Waals surface area contributed by atoms with E-state index in [1.807, 2.05) is 0 Å². The van der Waals surface area contributed by atoms with E-state index in [0.29, 0.717) is 17.5 Å². The number of fused-ring (bicyclic) bond motifs is 1. The van der Waals surface area contributed by atoms with Crippen LogP contribution >= 0.6 is 11.6 Å². The zero-order valence-electron chi connectivity index (χ0n) is 9.10. The summed E-state index contributed by atoms with van der Waals surface area (Å²) in [5.74, 6) is -0.0625. The Labute approximate surface area is 104 Å². The first-order chi connectivity index (χ1) is 8.13. The highest BCUT2D eigenvalue weighted by Crippen LogP contribution is 2.26. The van der Waals surface area contributed by atoms with Crippen LogP contribution in [0.1, 0.15) is 34.0 Å². The minimum atomic E-state index is -0.991. The average molecular weight is 257 g/mol. The first kappa shape index (κ1) is 12.4. The maximum atomic E-state index is 11.2. The summed E-state index contributed by atoms with van der Waals surface area (Å²) in [6.07, 6.45) is -1.58. The number of carbonyl (C=O) groups excluding carboxylic acids is 1. The van der Waals surface area contributed by atoms with E-state index in [1.54, 1.807) is 18.2 Å². The number of carbonyl (C=O) groups is 1. The van der Waals surface area contributed by atoms with Crippen molar-refractivity contribution in [3.63, 3.8) is 0 Å². The molecule has 1 aliphatic heterocycles. The SMILES string of the molecule is O=C1OCc2cc(C(O)C(O)CCCl)ccc21. The molecule has 5 heteroatoms. The summed E-state index contributed by atoms with van der Waals surface area (Å²) in [6.45, 7) is 0.223. The van der Waals surface area contributed by atoms with Gasteiger partial charge in [0.15, 0.2) is 0 Å². The van der Waals surface area contributed by atoms with Gasteiger partial charge < -0.3 is 14.9 Å². The second kappa shape index (κ2) is 5.04. The van der Waals surface area contributed by atoms with Crippen molar-refractivity contribution in [2.75, 3.05) is 5.88 Å². The van der Waals surface area contributed by atoms with Crippen molar-refractivity contribution in [2.45, 2.75) is 25.2 Å². The molecule has 0 bridgehead atoms. The van der Waals surface area contributed by atoms with Crippen LogP contribution < -0.4 is 0 Å². The van der Waals surface area contributed by atoms with E-state index in [0.717, 1.165) is 5.56 Å². The molecule has 1 heterocycles. The molecule has 92 valence electrons. The van der Waals surface area contributed by atoms with E-state index in [-0.39, 0.29) is 18.5 Å². The van der Waals surface area contributed by atoms with Gasteiger partial charge in [-0.2, -0.15) is 0 Å². The summed E-state index contributed by atoms with van der Waals surface area (Å²) in [6, 6.07) is 4.91. The van der Waals surface area contributed by atoms with Crippen molar-refractivity contribution in [2.24, 2.45) is 0 Å². The molecule has 1 aromatic carbocycles. The smallest absolute Gasteiger partial charge is 0.338 e. The molecule has 0 aliphatic carbocycles. The molecule has 17 heavy (non-hydrogen) atoms. The molecular weight excluding hydrogens is 244 g/mol. The lowest BCUT2D eigenvalue weighted by Crippen LogP contribution is -2.18. The molecule has 4 nitrogen and oxygen atoms in total. The first-order valence-corrected chi connectivity index (χ1v) is 5.89. The van der Waals surface area contributed by atoms with E-state index in [2.05, 4.69) is 0 Å². The number of rotatable bonds is 4. The van der Waals surface area contributed by atoms with Crippen LogP contribution in [0.4, 0.5) is 0 Å². The first-order valence-electron chi connectivity index (χ1n) is 5.35. The molecule has 0 radical (unpaired) electrons. The van der Waals surface area contributed by atoms with Gasteiger partial charge >= 0.3 is 5.97 Å². The van der Waals surface area contributed by atoms with Gasteiger partial charge in [0.25, 0.3) is 0 Å². The van der Waals surface area contributed by atoms with Crippen LogP contribution in [0.15, 0.2) is 18.2 Å². The van der Waals surface area contributed by atoms with Crippen molar-refractivity contribution >= 4 is 17.6 Å². The minimum Gasteiger partial charge on any atom is -0.457 e. The Morgan fingerprint density at radius 3 is 2.88 bits per heavy atom. The summed E-state index contributed by atoms with van der Waals surface area (Å²) in [7, 11) is 0. The number of aliphatic hydroxyl groups excluding tert-OH is 2. The minimum absolute atomic E-state index is 0.223. The fraction of sp³-hybridized carbons (Fsp3) is 0.417. The van der Waals surface area contributed by atoms with Crippen LogP contribution in [0.3, 0.4) is 0 Å². The zero-order valence-corrected chi connectivity index (χ0v) is 9.85. The Bertz CT molecular complexity index is 433. The topological polar surface area (TPSA) is 66.8 Å². The Hall–Kier alpha value is -1.10. The third kappa shape index (κ3) is 2.44. The Morgan fingerprint density at radius 1 is 1.41 bits per heavy atom. The summed E-state index contributed by atoms with van der Waals surface area (Å²) < 4.78 is 4.86. The summed E-state index contributed by atoms with van der Waals surface area (Å²) >= 11 is 5.51. The zero-order chi connectivity index (χ0) is 12.4. The number of esters is 1. The fourth-order valence-corrected chi connectivity index (χ4v) is 2.05. The van der Waals surface area contributed by atoms with Gasteiger partial charge in [-0.05, 0) is 24.1 Å². The molecular formula is C12H13ClO4. The van der Waals surface area contributed by atoms with Gasteiger partial charge in [-0.3, -0.25) is 0 Å².